The number of rotatable bonds is 5. The maximum absolute atomic E-state index is 10.1. The minimum absolute atomic E-state index is 0.107. The summed E-state index contributed by atoms with van der Waals surface area (Å²) in [5, 5.41) is 13.5. The molecule has 0 aliphatic carbocycles. The molecule has 1 aromatic carbocycles. The lowest BCUT2D eigenvalue weighted by molar-refractivity contribution is 0.170. The highest BCUT2D eigenvalue weighted by Crippen LogP contribution is 2.34. The molecule has 1 aliphatic heterocycles. The molecule has 5 heteroatoms. The number of aliphatic hydroxyl groups is 1. The predicted octanol–water partition coefficient (Wildman–Crippen LogP) is 2.19. The summed E-state index contributed by atoms with van der Waals surface area (Å²) in [5.74, 6) is 1.55. The number of nitrogens with one attached hydrogen (secondary N) is 1. The van der Waals surface area contributed by atoms with Gasteiger partial charge in [0.1, 0.15) is 0 Å². The lowest BCUT2D eigenvalue weighted by Gasteiger charge is -2.18. The second-order valence-corrected chi connectivity index (χ2v) is 5.04. The van der Waals surface area contributed by atoms with E-state index in [2.05, 4.69) is 17.2 Å². The smallest absolute Gasteiger partial charge is 0.231 e. The number of benzene rings is 1. The van der Waals surface area contributed by atoms with Crippen LogP contribution in [0.2, 0.25) is 0 Å². The van der Waals surface area contributed by atoms with Crippen LogP contribution in [0, 0.1) is 0 Å². The van der Waals surface area contributed by atoms with Crippen molar-refractivity contribution in [2.45, 2.75) is 19.1 Å². The fourth-order valence-electron chi connectivity index (χ4n) is 2.29. The van der Waals surface area contributed by atoms with Gasteiger partial charge >= 0.3 is 0 Å². The molecule has 1 aromatic heterocycles. The Hall–Kier alpha value is -2.11. The van der Waals surface area contributed by atoms with Crippen LogP contribution in [0.5, 0.6) is 11.5 Å². The lowest BCUT2D eigenvalue weighted by atomic mass is 10.1. The van der Waals surface area contributed by atoms with Crippen molar-refractivity contribution >= 4 is 0 Å². The van der Waals surface area contributed by atoms with Crippen LogP contribution in [-0.4, -0.2) is 23.4 Å². The Balaban J connectivity index is 1.60. The first kappa shape index (κ1) is 13.9. The van der Waals surface area contributed by atoms with Crippen LogP contribution >= 0.6 is 0 Å². The van der Waals surface area contributed by atoms with Crippen molar-refractivity contribution < 1.29 is 14.6 Å². The predicted molar refractivity (Wildman–Crippen MR) is 78.2 cm³/mol. The molecule has 0 saturated heterocycles. The molecule has 0 spiro atoms. The van der Waals surface area contributed by atoms with Crippen molar-refractivity contribution in [3.8, 4) is 11.5 Å². The highest BCUT2D eigenvalue weighted by atomic mass is 16.7. The van der Waals surface area contributed by atoms with Crippen LogP contribution in [0.4, 0.5) is 0 Å². The minimum atomic E-state index is -0.551. The maximum atomic E-state index is 10.1. The number of nitrogens with zero attached hydrogens (tertiary/aromatic N) is 1. The Labute approximate surface area is 123 Å². The Morgan fingerprint density at radius 2 is 1.90 bits per heavy atom. The van der Waals surface area contributed by atoms with Crippen molar-refractivity contribution in [2.24, 2.45) is 0 Å². The SMILES string of the molecule is CC(NCC(O)c1ccncc1)c1ccc2c(c1)OCO2. The molecule has 2 atom stereocenters. The van der Waals surface area contributed by atoms with E-state index in [1.165, 1.54) is 0 Å². The number of ether oxygens (including phenoxy) is 2. The van der Waals surface area contributed by atoms with Gasteiger partial charge in [-0.15, -0.1) is 0 Å². The molecule has 110 valence electrons. The second-order valence-electron chi connectivity index (χ2n) is 5.04. The van der Waals surface area contributed by atoms with Crippen LogP contribution in [0.15, 0.2) is 42.7 Å². The number of hydrogen-bond acceptors (Lipinski definition) is 5. The number of aromatic nitrogens is 1. The largest absolute Gasteiger partial charge is 0.454 e. The first-order chi connectivity index (χ1) is 10.2. The summed E-state index contributed by atoms with van der Waals surface area (Å²) in [6.45, 7) is 2.80. The van der Waals surface area contributed by atoms with Crippen molar-refractivity contribution in [2.75, 3.05) is 13.3 Å². The van der Waals surface area contributed by atoms with E-state index in [9.17, 15) is 5.11 Å². The first-order valence-electron chi connectivity index (χ1n) is 6.95. The van der Waals surface area contributed by atoms with Gasteiger partial charge in [-0.1, -0.05) is 6.07 Å². The Morgan fingerprint density at radius 3 is 2.71 bits per heavy atom. The number of aliphatic hydroxyl groups excluding tert-OH is 1. The molecule has 5 nitrogen and oxygen atoms in total. The average Bonchev–Trinajstić information content (AvgIpc) is 3.00. The summed E-state index contributed by atoms with van der Waals surface area (Å²) in [4.78, 5) is 3.95. The highest BCUT2D eigenvalue weighted by molar-refractivity contribution is 5.45. The van der Waals surface area contributed by atoms with Gasteiger partial charge in [-0.3, -0.25) is 4.98 Å². The minimum Gasteiger partial charge on any atom is -0.454 e. The Kier molecular flexibility index (Phi) is 4.03. The molecule has 0 radical (unpaired) electrons. The molecule has 21 heavy (non-hydrogen) atoms. The standard InChI is InChI=1S/C16H18N2O3/c1-11(13-2-3-15-16(8-13)21-10-20-15)18-9-14(19)12-4-6-17-7-5-12/h2-8,11,14,18-19H,9-10H2,1H3. The maximum Gasteiger partial charge on any atom is 0.231 e. The Morgan fingerprint density at radius 1 is 1.14 bits per heavy atom. The molecule has 3 rings (SSSR count). The number of hydrogen-bond donors (Lipinski definition) is 2. The monoisotopic (exact) mass is 286 g/mol. The topological polar surface area (TPSA) is 63.6 Å². The first-order valence-corrected chi connectivity index (χ1v) is 6.95. The molecule has 2 unspecified atom stereocenters. The van der Waals surface area contributed by atoms with Gasteiger partial charge in [0, 0.05) is 25.0 Å². The molecule has 2 aromatic rings. The van der Waals surface area contributed by atoms with E-state index >= 15 is 0 Å². The summed E-state index contributed by atoms with van der Waals surface area (Å²) < 4.78 is 10.7. The van der Waals surface area contributed by atoms with Crippen molar-refractivity contribution in [3.63, 3.8) is 0 Å². The van der Waals surface area contributed by atoms with Gasteiger partial charge < -0.3 is 19.9 Å². The third-order valence-corrected chi connectivity index (χ3v) is 3.60. The van der Waals surface area contributed by atoms with Gasteiger partial charge in [0.05, 0.1) is 6.10 Å². The summed E-state index contributed by atoms with van der Waals surface area (Å²) in [6.07, 6.45) is 2.81. The summed E-state index contributed by atoms with van der Waals surface area (Å²) in [6, 6.07) is 9.63. The normalized spacial score (nSPS) is 15.7. The second kappa shape index (κ2) is 6.11. The van der Waals surface area contributed by atoms with E-state index in [0.717, 1.165) is 22.6 Å². The summed E-state index contributed by atoms with van der Waals surface area (Å²) >= 11 is 0. The van der Waals surface area contributed by atoms with Gasteiger partial charge in [0.25, 0.3) is 0 Å². The van der Waals surface area contributed by atoms with Crippen LogP contribution in [-0.2, 0) is 0 Å². The fraction of sp³-hybridized carbons (Fsp3) is 0.312. The molecule has 0 amide bonds. The molecule has 0 bridgehead atoms. The molecular weight excluding hydrogens is 268 g/mol. The van der Waals surface area contributed by atoms with E-state index in [0.29, 0.717) is 6.54 Å². The van der Waals surface area contributed by atoms with Gasteiger partial charge in [-0.25, -0.2) is 0 Å². The molecular formula is C16H18N2O3. The zero-order chi connectivity index (χ0) is 14.7. The molecule has 1 aliphatic rings. The van der Waals surface area contributed by atoms with E-state index < -0.39 is 6.10 Å². The van der Waals surface area contributed by atoms with Crippen molar-refractivity contribution in [1.29, 1.82) is 0 Å². The number of fused-ring (bicyclic) bond motifs is 1. The van der Waals surface area contributed by atoms with Crippen molar-refractivity contribution in [1.82, 2.24) is 10.3 Å². The van der Waals surface area contributed by atoms with Crippen LogP contribution in [0.25, 0.3) is 0 Å². The quantitative estimate of drug-likeness (QED) is 0.882. The molecule has 0 saturated carbocycles. The van der Waals surface area contributed by atoms with Crippen molar-refractivity contribution in [3.05, 3.63) is 53.9 Å². The van der Waals surface area contributed by atoms with Gasteiger partial charge in [0.15, 0.2) is 11.5 Å². The third-order valence-electron chi connectivity index (χ3n) is 3.60. The van der Waals surface area contributed by atoms with Gasteiger partial charge in [0.2, 0.25) is 6.79 Å². The van der Waals surface area contributed by atoms with Gasteiger partial charge in [-0.2, -0.15) is 0 Å². The zero-order valence-corrected chi connectivity index (χ0v) is 11.8. The zero-order valence-electron chi connectivity index (χ0n) is 11.8. The van der Waals surface area contributed by atoms with Gasteiger partial charge in [-0.05, 0) is 42.3 Å². The van der Waals surface area contributed by atoms with E-state index in [-0.39, 0.29) is 12.8 Å². The van der Waals surface area contributed by atoms with Crippen LogP contribution in [0.3, 0.4) is 0 Å². The summed E-state index contributed by atoms with van der Waals surface area (Å²) in [7, 11) is 0. The fourth-order valence-corrected chi connectivity index (χ4v) is 2.29. The average molecular weight is 286 g/mol. The molecule has 2 heterocycles. The third kappa shape index (κ3) is 3.15. The van der Waals surface area contributed by atoms with Crippen LogP contribution < -0.4 is 14.8 Å². The van der Waals surface area contributed by atoms with Crippen LogP contribution in [0.1, 0.15) is 30.2 Å². The molecule has 0 fully saturated rings. The number of pyridine rings is 1. The highest BCUT2D eigenvalue weighted by Gasteiger charge is 2.16. The van der Waals surface area contributed by atoms with E-state index in [4.69, 9.17) is 9.47 Å². The lowest BCUT2D eigenvalue weighted by Crippen LogP contribution is -2.24. The summed E-state index contributed by atoms with van der Waals surface area (Å²) in [5.41, 5.74) is 1.96. The van der Waals surface area contributed by atoms with E-state index in [1.807, 2.05) is 30.3 Å². The molecule has 2 N–H and O–H groups in total. The van der Waals surface area contributed by atoms with E-state index in [1.54, 1.807) is 12.4 Å². The Bertz CT molecular complexity index is 604.